The van der Waals surface area contributed by atoms with Crippen molar-refractivity contribution in [1.29, 1.82) is 0 Å². The lowest BCUT2D eigenvalue weighted by Crippen LogP contribution is -2.29. The first-order valence-corrected chi connectivity index (χ1v) is 7.89. The van der Waals surface area contributed by atoms with Crippen molar-refractivity contribution >= 4 is 24.0 Å². The lowest BCUT2D eigenvalue weighted by atomic mass is 9.95. The van der Waals surface area contributed by atoms with Crippen LogP contribution in [0, 0.1) is 18.8 Å². The zero-order valence-electron chi connectivity index (χ0n) is 13.8. The van der Waals surface area contributed by atoms with E-state index in [9.17, 15) is 4.79 Å². The number of halogens is 1. The predicted molar refractivity (Wildman–Crippen MR) is 94.3 cm³/mol. The number of amides is 1. The second-order valence-electron chi connectivity index (χ2n) is 5.84. The molecular weight excluding hydrogens is 316 g/mol. The van der Waals surface area contributed by atoms with Crippen LogP contribution in [0.25, 0.3) is 0 Å². The van der Waals surface area contributed by atoms with Crippen molar-refractivity contribution in [1.82, 2.24) is 0 Å². The number of anilines is 1. The van der Waals surface area contributed by atoms with E-state index in [4.69, 9.17) is 15.2 Å². The highest BCUT2D eigenvalue weighted by atomic mass is 35.5. The maximum absolute atomic E-state index is 12.4. The number of ether oxygens (including phenoxy) is 2. The molecule has 0 heterocycles. The molecule has 0 aromatic heterocycles. The van der Waals surface area contributed by atoms with Crippen LogP contribution in [0.2, 0.25) is 0 Å². The topological polar surface area (TPSA) is 73.6 Å². The number of rotatable bonds is 7. The Morgan fingerprint density at radius 2 is 2.13 bits per heavy atom. The average Bonchev–Trinajstić information content (AvgIpc) is 2.99. The van der Waals surface area contributed by atoms with Gasteiger partial charge in [-0.05, 0) is 56.0 Å². The quantitative estimate of drug-likeness (QED) is 0.747. The summed E-state index contributed by atoms with van der Waals surface area (Å²) in [7, 11) is 1.64. The summed E-state index contributed by atoms with van der Waals surface area (Å²) in [6.45, 7) is 3.62. The number of carbonyl (C=O) groups is 1. The smallest absolute Gasteiger partial charge is 0.227 e. The largest absolute Gasteiger partial charge is 0.491 e. The summed E-state index contributed by atoms with van der Waals surface area (Å²) in [5.74, 6) is 1.23. The molecule has 1 aliphatic carbocycles. The fourth-order valence-corrected chi connectivity index (χ4v) is 3.00. The number of methoxy groups -OCH3 is 1. The minimum Gasteiger partial charge on any atom is -0.491 e. The van der Waals surface area contributed by atoms with Gasteiger partial charge in [-0.25, -0.2) is 0 Å². The molecular formula is C17H27ClN2O3. The fourth-order valence-electron chi connectivity index (χ4n) is 3.00. The Morgan fingerprint density at radius 3 is 2.78 bits per heavy atom. The zero-order valence-corrected chi connectivity index (χ0v) is 14.7. The van der Waals surface area contributed by atoms with Crippen molar-refractivity contribution in [2.24, 2.45) is 17.6 Å². The van der Waals surface area contributed by atoms with Gasteiger partial charge in [-0.2, -0.15) is 0 Å². The molecule has 1 aromatic rings. The molecule has 0 saturated heterocycles. The molecule has 0 aliphatic heterocycles. The molecule has 6 heteroatoms. The van der Waals surface area contributed by atoms with Crippen molar-refractivity contribution in [2.45, 2.75) is 26.2 Å². The second-order valence-corrected chi connectivity index (χ2v) is 5.84. The molecule has 1 amide bonds. The number of hydrogen-bond acceptors (Lipinski definition) is 4. The number of aryl methyl sites for hydroxylation is 1. The monoisotopic (exact) mass is 342 g/mol. The van der Waals surface area contributed by atoms with Crippen LogP contribution in [0.3, 0.4) is 0 Å². The Labute approximate surface area is 144 Å². The molecule has 130 valence electrons. The lowest BCUT2D eigenvalue weighted by Gasteiger charge is -2.18. The summed E-state index contributed by atoms with van der Waals surface area (Å²) >= 11 is 0. The zero-order chi connectivity index (χ0) is 15.9. The highest BCUT2D eigenvalue weighted by Crippen LogP contribution is 2.32. The van der Waals surface area contributed by atoms with Crippen LogP contribution in [0.4, 0.5) is 5.69 Å². The minimum atomic E-state index is 0. The Hall–Kier alpha value is -1.30. The SMILES string of the molecule is COCCOc1ccc(NC(=O)[C@@H]2CCC[C@@H]2CN)c(C)c1.Cl. The molecule has 0 radical (unpaired) electrons. The van der Waals surface area contributed by atoms with Gasteiger partial charge in [0.25, 0.3) is 0 Å². The van der Waals surface area contributed by atoms with E-state index < -0.39 is 0 Å². The Balaban J connectivity index is 0.00000264. The van der Waals surface area contributed by atoms with E-state index in [0.29, 0.717) is 25.7 Å². The third-order valence-electron chi connectivity index (χ3n) is 4.31. The van der Waals surface area contributed by atoms with Gasteiger partial charge < -0.3 is 20.5 Å². The Bertz CT molecular complexity index is 511. The van der Waals surface area contributed by atoms with Gasteiger partial charge in [0.15, 0.2) is 0 Å². The number of carbonyl (C=O) groups excluding carboxylic acids is 1. The first-order chi connectivity index (χ1) is 10.7. The van der Waals surface area contributed by atoms with Crippen molar-refractivity contribution in [3.8, 4) is 5.75 Å². The fraction of sp³-hybridized carbons (Fsp3) is 0.588. The summed E-state index contributed by atoms with van der Waals surface area (Å²) < 4.78 is 10.5. The Morgan fingerprint density at radius 1 is 1.35 bits per heavy atom. The van der Waals surface area contributed by atoms with Crippen molar-refractivity contribution in [3.05, 3.63) is 23.8 Å². The van der Waals surface area contributed by atoms with Crippen LogP contribution in [-0.4, -0.2) is 32.8 Å². The van der Waals surface area contributed by atoms with Gasteiger partial charge in [0.05, 0.1) is 6.61 Å². The van der Waals surface area contributed by atoms with E-state index in [1.807, 2.05) is 25.1 Å². The van der Waals surface area contributed by atoms with E-state index in [1.165, 1.54) is 0 Å². The van der Waals surface area contributed by atoms with Gasteiger partial charge in [-0.3, -0.25) is 4.79 Å². The molecule has 1 fully saturated rings. The highest BCUT2D eigenvalue weighted by molar-refractivity contribution is 5.93. The lowest BCUT2D eigenvalue weighted by molar-refractivity contribution is -0.120. The maximum atomic E-state index is 12.4. The number of benzene rings is 1. The highest BCUT2D eigenvalue weighted by Gasteiger charge is 2.32. The number of nitrogens with two attached hydrogens (primary N) is 1. The van der Waals surface area contributed by atoms with E-state index in [2.05, 4.69) is 5.32 Å². The van der Waals surface area contributed by atoms with E-state index in [1.54, 1.807) is 7.11 Å². The maximum Gasteiger partial charge on any atom is 0.227 e. The van der Waals surface area contributed by atoms with Crippen LogP contribution in [0.1, 0.15) is 24.8 Å². The van der Waals surface area contributed by atoms with Crippen LogP contribution in [0.15, 0.2) is 18.2 Å². The third-order valence-corrected chi connectivity index (χ3v) is 4.31. The normalized spacial score (nSPS) is 20.0. The van der Waals surface area contributed by atoms with Crippen molar-refractivity contribution < 1.29 is 14.3 Å². The standard InChI is InChI=1S/C17H26N2O3.ClH/c1-12-10-14(22-9-8-21-2)6-7-16(12)19-17(20)15-5-3-4-13(15)11-18;/h6-7,10,13,15H,3-5,8-9,11,18H2,1-2H3,(H,19,20);1H/t13-,15-;/m1./s1. The number of nitrogens with one attached hydrogen (secondary N) is 1. The van der Waals surface area contributed by atoms with E-state index in [0.717, 1.165) is 36.3 Å². The van der Waals surface area contributed by atoms with Gasteiger partial charge in [-0.1, -0.05) is 6.42 Å². The summed E-state index contributed by atoms with van der Waals surface area (Å²) in [5, 5.41) is 3.04. The molecule has 1 aliphatic rings. The molecule has 3 N–H and O–H groups in total. The predicted octanol–water partition coefficient (Wildman–Crippen LogP) is 2.76. The van der Waals surface area contributed by atoms with Crippen molar-refractivity contribution in [2.75, 3.05) is 32.2 Å². The minimum absolute atomic E-state index is 0. The first kappa shape index (κ1) is 19.7. The summed E-state index contributed by atoms with van der Waals surface area (Å²) in [5.41, 5.74) is 7.59. The molecule has 1 saturated carbocycles. The van der Waals surface area contributed by atoms with Gasteiger partial charge in [0, 0.05) is 18.7 Å². The average molecular weight is 343 g/mol. The molecule has 0 unspecified atom stereocenters. The van der Waals surface area contributed by atoms with Gasteiger partial charge in [0.1, 0.15) is 12.4 Å². The molecule has 0 spiro atoms. The van der Waals surface area contributed by atoms with E-state index >= 15 is 0 Å². The van der Waals surface area contributed by atoms with Crippen molar-refractivity contribution in [3.63, 3.8) is 0 Å². The van der Waals surface area contributed by atoms with Crippen LogP contribution in [-0.2, 0) is 9.53 Å². The molecule has 5 nitrogen and oxygen atoms in total. The molecule has 23 heavy (non-hydrogen) atoms. The first-order valence-electron chi connectivity index (χ1n) is 7.89. The number of hydrogen-bond donors (Lipinski definition) is 2. The molecule has 0 bridgehead atoms. The van der Waals surface area contributed by atoms with Gasteiger partial charge in [0.2, 0.25) is 5.91 Å². The summed E-state index contributed by atoms with van der Waals surface area (Å²) in [6.07, 6.45) is 3.08. The van der Waals surface area contributed by atoms with Gasteiger partial charge in [-0.15, -0.1) is 12.4 Å². The molecule has 1 aromatic carbocycles. The third kappa shape index (κ3) is 5.37. The van der Waals surface area contributed by atoms with Crippen LogP contribution in [0.5, 0.6) is 5.75 Å². The summed E-state index contributed by atoms with van der Waals surface area (Å²) in [6, 6.07) is 5.69. The molecule has 2 atom stereocenters. The van der Waals surface area contributed by atoms with Crippen LogP contribution >= 0.6 is 12.4 Å². The van der Waals surface area contributed by atoms with Crippen LogP contribution < -0.4 is 15.8 Å². The second kappa shape index (κ2) is 9.75. The summed E-state index contributed by atoms with van der Waals surface area (Å²) in [4.78, 5) is 12.4. The molecule has 2 rings (SSSR count). The van der Waals surface area contributed by atoms with E-state index in [-0.39, 0.29) is 24.2 Å². The van der Waals surface area contributed by atoms with Gasteiger partial charge >= 0.3 is 0 Å². The Kier molecular flexibility index (Phi) is 8.37.